The number of benzene rings is 2. The van der Waals surface area contributed by atoms with Crippen molar-refractivity contribution in [2.75, 3.05) is 7.05 Å². The van der Waals surface area contributed by atoms with Gasteiger partial charge in [-0.05, 0) is 56.6 Å². The van der Waals surface area contributed by atoms with Gasteiger partial charge in [0.2, 0.25) is 0 Å². The molecule has 0 aliphatic heterocycles. The van der Waals surface area contributed by atoms with E-state index in [9.17, 15) is 0 Å². The van der Waals surface area contributed by atoms with Crippen molar-refractivity contribution in [3.05, 3.63) is 70.8 Å². The normalized spacial score (nSPS) is 15.3. The minimum absolute atomic E-state index is 0.239. The van der Waals surface area contributed by atoms with Crippen LogP contribution in [0, 0.1) is 18.8 Å². The Morgan fingerprint density at radius 2 is 1.35 bits per heavy atom. The Labute approximate surface area is 121 Å². The molecule has 1 aliphatic rings. The molecule has 0 atom stereocenters. The third kappa shape index (κ3) is 2.61. The predicted octanol–water partition coefficient (Wildman–Crippen LogP) is 3.60. The third-order valence-corrected chi connectivity index (χ3v) is 4.07. The Kier molecular flexibility index (Phi) is 3.34. The summed E-state index contributed by atoms with van der Waals surface area (Å²) in [6.07, 6.45) is 2.47. The van der Waals surface area contributed by atoms with E-state index < -0.39 is 0 Å². The summed E-state index contributed by atoms with van der Waals surface area (Å²) in [5.41, 5.74) is 5.01. The van der Waals surface area contributed by atoms with E-state index in [1.165, 1.54) is 24.0 Å². The zero-order valence-corrected chi connectivity index (χ0v) is 12.0. The van der Waals surface area contributed by atoms with Gasteiger partial charge in [-0.3, -0.25) is 0 Å². The van der Waals surface area contributed by atoms with E-state index in [0.29, 0.717) is 0 Å². The maximum Gasteiger partial charge on any atom is 0.0433 e. The molecule has 0 saturated heterocycles. The monoisotopic (exact) mass is 261 g/mol. The van der Waals surface area contributed by atoms with E-state index in [4.69, 9.17) is 0 Å². The summed E-state index contributed by atoms with van der Waals surface area (Å²) in [5.74, 6) is 6.44. The first-order chi connectivity index (χ1) is 9.72. The topological polar surface area (TPSA) is 12.0 Å². The molecule has 3 rings (SSSR count). The first kappa shape index (κ1) is 13.0. The Hall–Kier alpha value is -2.04. The SMILES string of the molecule is CNC1(c2ccc(C#Cc3ccc(C)cc3)cc2)CC1. The van der Waals surface area contributed by atoms with Gasteiger partial charge in [0.05, 0.1) is 0 Å². The minimum atomic E-state index is 0.239. The highest BCUT2D eigenvalue weighted by atomic mass is 15.0. The zero-order chi connectivity index (χ0) is 14.0. The fourth-order valence-electron chi connectivity index (χ4n) is 2.46. The van der Waals surface area contributed by atoms with Gasteiger partial charge in [-0.1, -0.05) is 41.7 Å². The molecular formula is C19H19N. The zero-order valence-electron chi connectivity index (χ0n) is 12.0. The Balaban J connectivity index is 1.77. The number of rotatable bonds is 2. The molecular weight excluding hydrogens is 242 g/mol. The average Bonchev–Trinajstić information content (AvgIpc) is 3.28. The summed E-state index contributed by atoms with van der Waals surface area (Å²) in [5, 5.41) is 3.42. The Bertz CT molecular complexity index is 650. The van der Waals surface area contributed by atoms with Crippen molar-refractivity contribution in [2.45, 2.75) is 25.3 Å². The van der Waals surface area contributed by atoms with E-state index in [2.05, 4.69) is 72.6 Å². The van der Waals surface area contributed by atoms with Crippen molar-refractivity contribution in [3.8, 4) is 11.8 Å². The first-order valence-electron chi connectivity index (χ1n) is 7.10. The van der Waals surface area contributed by atoms with Gasteiger partial charge in [0.25, 0.3) is 0 Å². The molecule has 0 bridgehead atoms. The summed E-state index contributed by atoms with van der Waals surface area (Å²) in [6.45, 7) is 2.09. The molecule has 2 aromatic carbocycles. The molecule has 0 aromatic heterocycles. The van der Waals surface area contributed by atoms with Gasteiger partial charge in [0, 0.05) is 16.7 Å². The van der Waals surface area contributed by atoms with E-state index in [1.807, 2.05) is 7.05 Å². The standard InChI is InChI=1S/C19H19N/c1-15-3-5-16(6-4-15)7-8-17-9-11-18(12-10-17)19(20-2)13-14-19/h3-6,9-12,20H,13-14H2,1-2H3. The molecule has 0 amide bonds. The molecule has 0 spiro atoms. The number of aryl methyl sites for hydroxylation is 1. The third-order valence-electron chi connectivity index (χ3n) is 4.07. The van der Waals surface area contributed by atoms with Gasteiger partial charge < -0.3 is 5.32 Å². The molecule has 1 heteroatoms. The molecule has 1 aliphatic carbocycles. The molecule has 20 heavy (non-hydrogen) atoms. The van der Waals surface area contributed by atoms with Crippen LogP contribution in [0.5, 0.6) is 0 Å². The average molecular weight is 261 g/mol. The number of hydrogen-bond acceptors (Lipinski definition) is 1. The van der Waals surface area contributed by atoms with Crippen LogP contribution in [0.2, 0.25) is 0 Å². The van der Waals surface area contributed by atoms with Gasteiger partial charge in [0.1, 0.15) is 0 Å². The maximum atomic E-state index is 3.42. The second-order valence-electron chi connectivity index (χ2n) is 5.53. The summed E-state index contributed by atoms with van der Waals surface area (Å²) in [6, 6.07) is 17.0. The highest BCUT2D eigenvalue weighted by Crippen LogP contribution is 2.44. The van der Waals surface area contributed by atoms with E-state index in [1.54, 1.807) is 0 Å². The molecule has 1 fully saturated rings. The summed E-state index contributed by atoms with van der Waals surface area (Å²) in [7, 11) is 2.04. The molecule has 0 radical (unpaired) electrons. The lowest BCUT2D eigenvalue weighted by molar-refractivity contribution is 0.585. The lowest BCUT2D eigenvalue weighted by Gasteiger charge is -2.14. The quantitative estimate of drug-likeness (QED) is 0.814. The Morgan fingerprint density at radius 3 is 1.80 bits per heavy atom. The lowest BCUT2D eigenvalue weighted by atomic mass is 10.0. The van der Waals surface area contributed by atoms with Crippen LogP contribution in [0.4, 0.5) is 0 Å². The smallest absolute Gasteiger partial charge is 0.0433 e. The maximum absolute atomic E-state index is 3.42. The molecule has 0 unspecified atom stereocenters. The van der Waals surface area contributed by atoms with Crippen LogP contribution in [-0.2, 0) is 5.54 Å². The number of hydrogen-bond donors (Lipinski definition) is 1. The molecule has 0 heterocycles. The summed E-state index contributed by atoms with van der Waals surface area (Å²) in [4.78, 5) is 0. The summed E-state index contributed by atoms with van der Waals surface area (Å²) >= 11 is 0. The van der Waals surface area contributed by atoms with Crippen LogP contribution in [0.15, 0.2) is 48.5 Å². The predicted molar refractivity (Wildman–Crippen MR) is 83.6 cm³/mol. The highest BCUT2D eigenvalue weighted by molar-refractivity contribution is 5.45. The van der Waals surface area contributed by atoms with Crippen LogP contribution >= 0.6 is 0 Å². The van der Waals surface area contributed by atoms with Gasteiger partial charge in [-0.15, -0.1) is 0 Å². The van der Waals surface area contributed by atoms with Crippen molar-refractivity contribution in [2.24, 2.45) is 0 Å². The molecule has 1 N–H and O–H groups in total. The molecule has 2 aromatic rings. The van der Waals surface area contributed by atoms with Crippen molar-refractivity contribution in [1.82, 2.24) is 5.32 Å². The van der Waals surface area contributed by atoms with Gasteiger partial charge in [-0.2, -0.15) is 0 Å². The molecule has 1 nitrogen and oxygen atoms in total. The van der Waals surface area contributed by atoms with Crippen LogP contribution in [0.1, 0.15) is 35.1 Å². The lowest BCUT2D eigenvalue weighted by Crippen LogP contribution is -2.24. The minimum Gasteiger partial charge on any atom is -0.310 e. The van der Waals surface area contributed by atoms with Crippen LogP contribution in [0.25, 0.3) is 0 Å². The largest absolute Gasteiger partial charge is 0.310 e. The highest BCUT2D eigenvalue weighted by Gasteiger charge is 2.42. The fourth-order valence-corrected chi connectivity index (χ4v) is 2.46. The first-order valence-corrected chi connectivity index (χ1v) is 7.10. The van der Waals surface area contributed by atoms with E-state index in [-0.39, 0.29) is 5.54 Å². The van der Waals surface area contributed by atoms with Gasteiger partial charge >= 0.3 is 0 Å². The van der Waals surface area contributed by atoms with E-state index in [0.717, 1.165) is 11.1 Å². The van der Waals surface area contributed by atoms with E-state index >= 15 is 0 Å². The Morgan fingerprint density at radius 1 is 0.850 bits per heavy atom. The number of nitrogens with one attached hydrogen (secondary N) is 1. The van der Waals surface area contributed by atoms with Crippen molar-refractivity contribution in [3.63, 3.8) is 0 Å². The fraction of sp³-hybridized carbons (Fsp3) is 0.263. The van der Waals surface area contributed by atoms with Crippen molar-refractivity contribution < 1.29 is 0 Å². The van der Waals surface area contributed by atoms with Crippen molar-refractivity contribution in [1.29, 1.82) is 0 Å². The second kappa shape index (κ2) is 5.15. The van der Waals surface area contributed by atoms with Crippen LogP contribution in [-0.4, -0.2) is 7.05 Å². The molecule has 1 saturated carbocycles. The summed E-state index contributed by atoms with van der Waals surface area (Å²) < 4.78 is 0. The second-order valence-corrected chi connectivity index (χ2v) is 5.53. The van der Waals surface area contributed by atoms with Crippen molar-refractivity contribution >= 4 is 0 Å². The van der Waals surface area contributed by atoms with Crippen LogP contribution < -0.4 is 5.32 Å². The van der Waals surface area contributed by atoms with Crippen LogP contribution in [0.3, 0.4) is 0 Å². The molecule has 100 valence electrons. The van der Waals surface area contributed by atoms with Gasteiger partial charge in [-0.25, -0.2) is 0 Å². The van der Waals surface area contributed by atoms with Gasteiger partial charge in [0.15, 0.2) is 0 Å².